The highest BCUT2D eigenvalue weighted by Gasteiger charge is 2.35. The minimum atomic E-state index is -3.83. The molecule has 0 saturated carbocycles. The van der Waals surface area contributed by atoms with Gasteiger partial charge in [0.15, 0.2) is 0 Å². The average Bonchev–Trinajstić information content (AvgIpc) is 3.29. The normalized spacial score (nSPS) is 22.9. The van der Waals surface area contributed by atoms with Crippen LogP contribution in [0.2, 0.25) is 0 Å². The van der Waals surface area contributed by atoms with Crippen LogP contribution in [0.5, 0.6) is 0 Å². The molecule has 2 aromatic rings. The first-order chi connectivity index (χ1) is 14.4. The second-order valence-electron chi connectivity index (χ2n) is 7.77. The summed E-state index contributed by atoms with van der Waals surface area (Å²) >= 11 is 0. The molecule has 4 rings (SSSR count). The summed E-state index contributed by atoms with van der Waals surface area (Å²) in [6.07, 6.45) is 1.26. The minimum Gasteiger partial charge on any atom is -0.367 e. The zero-order valence-electron chi connectivity index (χ0n) is 16.8. The standard InChI is InChI=1S/C21H25N3O5S/c1-16-14-22(15-20(29-16)17-7-3-2-4-8-17)19-10-9-18(24(25)26)13-21(19)30(27,28)23-11-5-6-12-23/h2-4,7-10,13,16,20H,5-6,11-12,14-15H2,1H3. The number of sulfonamides is 1. The molecule has 0 N–H and O–H groups in total. The number of anilines is 1. The molecule has 2 aromatic carbocycles. The maximum atomic E-state index is 13.4. The van der Waals surface area contributed by atoms with E-state index >= 15 is 0 Å². The van der Waals surface area contributed by atoms with Gasteiger partial charge in [-0.25, -0.2) is 8.42 Å². The Hall–Kier alpha value is -2.49. The summed E-state index contributed by atoms with van der Waals surface area (Å²) in [5.74, 6) is 0. The molecule has 0 radical (unpaired) electrons. The SMILES string of the molecule is CC1CN(c2ccc([N+](=O)[O-])cc2S(=O)(=O)N2CCCC2)CC(c2ccccc2)O1. The fourth-order valence-corrected chi connectivity index (χ4v) is 5.90. The van der Waals surface area contributed by atoms with Crippen molar-refractivity contribution in [2.45, 2.75) is 36.9 Å². The van der Waals surface area contributed by atoms with E-state index in [9.17, 15) is 18.5 Å². The molecule has 0 aromatic heterocycles. The van der Waals surface area contributed by atoms with Gasteiger partial charge in [-0.3, -0.25) is 10.1 Å². The number of non-ortho nitro benzene ring substituents is 1. The summed E-state index contributed by atoms with van der Waals surface area (Å²) in [5.41, 5.74) is 1.28. The number of morpholine rings is 1. The topological polar surface area (TPSA) is 93.0 Å². The number of nitro groups is 1. The molecule has 9 heteroatoms. The molecule has 0 aliphatic carbocycles. The molecule has 2 heterocycles. The molecule has 30 heavy (non-hydrogen) atoms. The number of hydrogen-bond donors (Lipinski definition) is 0. The van der Waals surface area contributed by atoms with E-state index in [4.69, 9.17) is 4.74 Å². The summed E-state index contributed by atoms with van der Waals surface area (Å²) in [4.78, 5) is 12.8. The van der Waals surface area contributed by atoms with Crippen LogP contribution < -0.4 is 4.90 Å². The van der Waals surface area contributed by atoms with E-state index in [-0.39, 0.29) is 22.8 Å². The third-order valence-electron chi connectivity index (χ3n) is 5.61. The van der Waals surface area contributed by atoms with Crippen molar-refractivity contribution >= 4 is 21.4 Å². The fraction of sp³-hybridized carbons (Fsp3) is 0.429. The molecule has 2 unspecified atom stereocenters. The van der Waals surface area contributed by atoms with Gasteiger partial charge in [0.2, 0.25) is 10.0 Å². The fourth-order valence-electron chi connectivity index (χ4n) is 4.15. The first-order valence-electron chi connectivity index (χ1n) is 10.1. The van der Waals surface area contributed by atoms with E-state index in [2.05, 4.69) is 0 Å². The monoisotopic (exact) mass is 431 g/mol. The highest BCUT2D eigenvalue weighted by Crippen LogP contribution is 2.36. The van der Waals surface area contributed by atoms with Crippen LogP contribution in [0.1, 0.15) is 31.4 Å². The molecular weight excluding hydrogens is 406 g/mol. The van der Waals surface area contributed by atoms with E-state index in [1.165, 1.54) is 16.4 Å². The Balaban J connectivity index is 1.75. The zero-order valence-corrected chi connectivity index (χ0v) is 17.6. The van der Waals surface area contributed by atoms with Gasteiger partial charge in [-0.2, -0.15) is 4.31 Å². The van der Waals surface area contributed by atoms with Crippen LogP contribution in [0.3, 0.4) is 0 Å². The Labute approximate surface area is 176 Å². The highest BCUT2D eigenvalue weighted by molar-refractivity contribution is 7.89. The molecular formula is C21H25N3O5S. The van der Waals surface area contributed by atoms with Crippen LogP contribution in [0.4, 0.5) is 11.4 Å². The van der Waals surface area contributed by atoms with Crippen molar-refractivity contribution in [1.82, 2.24) is 4.31 Å². The summed E-state index contributed by atoms with van der Waals surface area (Å²) in [7, 11) is -3.83. The van der Waals surface area contributed by atoms with Gasteiger partial charge < -0.3 is 9.64 Å². The van der Waals surface area contributed by atoms with Crippen molar-refractivity contribution < 1.29 is 18.1 Å². The van der Waals surface area contributed by atoms with Crippen molar-refractivity contribution in [3.8, 4) is 0 Å². The van der Waals surface area contributed by atoms with Crippen molar-refractivity contribution in [3.63, 3.8) is 0 Å². The third-order valence-corrected chi connectivity index (χ3v) is 7.54. The second kappa shape index (κ2) is 8.33. The summed E-state index contributed by atoms with van der Waals surface area (Å²) in [6.45, 7) is 3.80. The Morgan fingerprint density at radius 2 is 1.77 bits per heavy atom. The van der Waals surface area contributed by atoms with Crippen LogP contribution >= 0.6 is 0 Å². The Bertz CT molecular complexity index is 1020. The lowest BCUT2D eigenvalue weighted by molar-refractivity contribution is -0.385. The predicted molar refractivity (Wildman–Crippen MR) is 113 cm³/mol. The van der Waals surface area contributed by atoms with E-state index < -0.39 is 14.9 Å². The molecule has 160 valence electrons. The number of rotatable bonds is 5. The lowest BCUT2D eigenvalue weighted by Gasteiger charge is -2.39. The Morgan fingerprint density at radius 3 is 2.43 bits per heavy atom. The van der Waals surface area contributed by atoms with Crippen LogP contribution in [-0.2, 0) is 14.8 Å². The largest absolute Gasteiger partial charge is 0.367 e. The number of nitro benzene ring substituents is 1. The van der Waals surface area contributed by atoms with E-state index in [1.54, 1.807) is 6.07 Å². The Morgan fingerprint density at radius 1 is 1.07 bits per heavy atom. The minimum absolute atomic E-state index is 0.000452. The molecule has 2 fully saturated rings. The third kappa shape index (κ3) is 4.05. The second-order valence-corrected chi connectivity index (χ2v) is 9.68. The van der Waals surface area contributed by atoms with Crippen LogP contribution in [-0.4, -0.2) is 49.9 Å². The van der Waals surface area contributed by atoms with E-state index in [1.807, 2.05) is 42.2 Å². The average molecular weight is 432 g/mol. The van der Waals surface area contributed by atoms with Gasteiger partial charge in [-0.15, -0.1) is 0 Å². The molecule has 8 nitrogen and oxygen atoms in total. The van der Waals surface area contributed by atoms with Crippen LogP contribution in [0.25, 0.3) is 0 Å². The maximum absolute atomic E-state index is 13.4. The van der Waals surface area contributed by atoms with Gasteiger partial charge in [-0.1, -0.05) is 30.3 Å². The Kier molecular flexibility index (Phi) is 5.77. The van der Waals surface area contributed by atoms with Crippen LogP contribution in [0.15, 0.2) is 53.4 Å². The number of nitrogens with zero attached hydrogens (tertiary/aromatic N) is 3. The lowest BCUT2D eigenvalue weighted by Crippen LogP contribution is -2.43. The predicted octanol–water partition coefficient (Wildman–Crippen LogP) is 3.35. The van der Waals surface area contributed by atoms with Gasteiger partial charge in [0, 0.05) is 38.3 Å². The number of hydrogen-bond acceptors (Lipinski definition) is 6. The molecule has 0 spiro atoms. The molecule has 2 aliphatic rings. The summed E-state index contributed by atoms with van der Waals surface area (Å²) < 4.78 is 34.2. The molecule has 0 bridgehead atoms. The van der Waals surface area contributed by atoms with Gasteiger partial charge >= 0.3 is 0 Å². The van der Waals surface area contributed by atoms with Gasteiger partial charge in [0.25, 0.3) is 5.69 Å². The van der Waals surface area contributed by atoms with Crippen molar-refractivity contribution in [2.75, 3.05) is 31.1 Å². The van der Waals surface area contributed by atoms with Crippen LogP contribution in [0, 0.1) is 10.1 Å². The molecule has 2 atom stereocenters. The van der Waals surface area contributed by atoms with E-state index in [0.29, 0.717) is 31.9 Å². The number of ether oxygens (including phenoxy) is 1. The maximum Gasteiger partial charge on any atom is 0.270 e. The molecule has 2 aliphatic heterocycles. The summed E-state index contributed by atoms with van der Waals surface area (Å²) in [5, 5.41) is 11.3. The van der Waals surface area contributed by atoms with Gasteiger partial charge in [0.05, 0.1) is 16.7 Å². The molecule has 2 saturated heterocycles. The van der Waals surface area contributed by atoms with Crippen molar-refractivity contribution in [2.24, 2.45) is 0 Å². The zero-order chi connectivity index (χ0) is 21.3. The first kappa shape index (κ1) is 20.8. The van der Waals surface area contributed by atoms with Crippen molar-refractivity contribution in [3.05, 3.63) is 64.2 Å². The smallest absolute Gasteiger partial charge is 0.270 e. The molecule has 0 amide bonds. The van der Waals surface area contributed by atoms with Gasteiger partial charge in [0.1, 0.15) is 11.0 Å². The summed E-state index contributed by atoms with van der Waals surface area (Å²) in [6, 6.07) is 13.9. The number of benzene rings is 2. The highest BCUT2D eigenvalue weighted by atomic mass is 32.2. The van der Waals surface area contributed by atoms with Gasteiger partial charge in [-0.05, 0) is 31.4 Å². The lowest BCUT2D eigenvalue weighted by atomic mass is 10.1. The van der Waals surface area contributed by atoms with Crippen molar-refractivity contribution in [1.29, 1.82) is 0 Å². The first-order valence-corrected chi connectivity index (χ1v) is 11.5. The quantitative estimate of drug-likeness (QED) is 0.532. The van der Waals surface area contributed by atoms with E-state index in [0.717, 1.165) is 18.4 Å².